The molecule has 0 radical (unpaired) electrons. The quantitative estimate of drug-likeness (QED) is 0.0659. The molecular formula is C61H65N5O12. The Labute approximate surface area is 453 Å². The second-order valence-corrected chi connectivity index (χ2v) is 20.5. The molecule has 406 valence electrons. The number of carbonyl (C=O) groups excluding carboxylic acids is 4. The van der Waals surface area contributed by atoms with E-state index in [4.69, 9.17) is 28.7 Å². The van der Waals surface area contributed by atoms with E-state index in [1.54, 1.807) is 67.9 Å². The minimum Gasteiger partial charge on any atom is -0.508 e. The van der Waals surface area contributed by atoms with Gasteiger partial charge >= 0.3 is 0 Å². The normalized spacial score (nSPS) is 20.0. The van der Waals surface area contributed by atoms with Gasteiger partial charge < -0.3 is 48.8 Å². The average Bonchev–Trinajstić information content (AvgIpc) is 3.77. The van der Waals surface area contributed by atoms with Crippen molar-refractivity contribution < 1.29 is 58.2 Å². The lowest BCUT2D eigenvalue weighted by atomic mass is 9.76. The zero-order chi connectivity index (χ0) is 54.3. The third kappa shape index (κ3) is 11.8. The van der Waals surface area contributed by atoms with Gasteiger partial charge in [0.15, 0.2) is 23.1 Å². The maximum Gasteiger partial charge on any atom is 0.256 e. The largest absolute Gasteiger partial charge is 0.508 e. The Morgan fingerprint density at radius 3 is 1.76 bits per heavy atom. The maximum absolute atomic E-state index is 13.6. The van der Waals surface area contributed by atoms with E-state index < -0.39 is 0 Å². The Bertz CT molecular complexity index is 3050. The highest BCUT2D eigenvalue weighted by atomic mass is 16.5. The zero-order valence-electron chi connectivity index (χ0n) is 44.0. The average molecular weight is 1060 g/mol. The summed E-state index contributed by atoms with van der Waals surface area (Å²) in [5.74, 6) is 2.50. The Hall–Kier alpha value is -7.89. The standard InChI is InChI=1S/C47H49N3O9.C14H16N2O3/c1-29(52)32-10-12-36(13-11-32)56-15-16-57-37-18-30(27-58-43-22-42-40(20-34(43)26-51)47(54)50-14-6-5-8-35(50)25-49-42)17-31(19-37)28-59-45-23-41-39(21-44(45)55-2)46(53)38-9-4-3-7-33(38)24-48-41;17-8-9-5-11-12(6-13(9)18)15-7-10-3-1-2-4-16(10)14(11)19/h10-13,17-25,33,35,38,51H,3-9,14-16,26-28H2,1-2H3;5-7,10,17-18H,1-4,8H2/t33-,35-,38?;10-/m00/s1. The van der Waals surface area contributed by atoms with Crippen LogP contribution in [0.25, 0.3) is 0 Å². The van der Waals surface area contributed by atoms with Crippen molar-refractivity contribution in [1.29, 1.82) is 0 Å². The number of aliphatic imine (C=N–C) groups is 3. The Kier molecular flexibility index (Phi) is 16.6. The minimum absolute atomic E-state index is 0.0148. The molecule has 3 N–H and O–H groups in total. The number of phenols is 1. The van der Waals surface area contributed by atoms with E-state index in [1.807, 2.05) is 40.4 Å². The number of aliphatic hydroxyl groups is 2. The van der Waals surface area contributed by atoms with Gasteiger partial charge in [-0.2, -0.15) is 0 Å². The lowest BCUT2D eigenvalue weighted by Gasteiger charge is -2.32. The van der Waals surface area contributed by atoms with E-state index in [9.17, 15) is 34.5 Å². The summed E-state index contributed by atoms with van der Waals surface area (Å²) in [5.41, 5.74) is 6.04. The number of methoxy groups -OCH3 is 1. The number of nitrogens with zero attached hydrogens (tertiary/aromatic N) is 5. The topological polar surface area (TPSA) is 219 Å². The van der Waals surface area contributed by atoms with Crippen LogP contribution in [0.3, 0.4) is 0 Å². The number of aromatic hydroxyl groups is 1. The molecule has 1 aliphatic carbocycles. The molecule has 1 saturated carbocycles. The monoisotopic (exact) mass is 1060 g/mol. The molecule has 11 rings (SSSR count). The van der Waals surface area contributed by atoms with Gasteiger partial charge in [0, 0.05) is 84.0 Å². The predicted octanol–water partition coefficient (Wildman–Crippen LogP) is 10.0. The molecule has 5 aliphatic heterocycles. The Morgan fingerprint density at radius 1 is 0.577 bits per heavy atom. The van der Waals surface area contributed by atoms with Crippen LogP contribution in [0.15, 0.2) is 93.8 Å². The molecule has 0 aromatic heterocycles. The summed E-state index contributed by atoms with van der Waals surface area (Å²) in [7, 11) is 1.56. The van der Waals surface area contributed by atoms with E-state index in [1.165, 1.54) is 13.0 Å². The van der Waals surface area contributed by atoms with E-state index in [2.05, 4.69) is 9.98 Å². The van der Waals surface area contributed by atoms with Crippen LogP contribution in [-0.4, -0.2) is 113 Å². The maximum atomic E-state index is 13.6. The summed E-state index contributed by atoms with van der Waals surface area (Å²) in [6.07, 6.45) is 15.4. The molecule has 17 nitrogen and oxygen atoms in total. The summed E-state index contributed by atoms with van der Waals surface area (Å²) in [5, 5.41) is 29.3. The zero-order valence-corrected chi connectivity index (χ0v) is 44.0. The molecule has 2 amide bonds. The smallest absolute Gasteiger partial charge is 0.256 e. The van der Waals surface area contributed by atoms with Crippen LogP contribution in [0.4, 0.5) is 17.1 Å². The molecule has 3 fully saturated rings. The number of aliphatic hydroxyl groups excluding tert-OH is 2. The van der Waals surface area contributed by atoms with Gasteiger partial charge in [-0.1, -0.05) is 12.8 Å². The number of amides is 2. The van der Waals surface area contributed by atoms with Crippen LogP contribution < -0.4 is 23.7 Å². The van der Waals surface area contributed by atoms with Crippen molar-refractivity contribution in [3.63, 3.8) is 0 Å². The molecule has 0 spiro atoms. The van der Waals surface area contributed by atoms with Crippen molar-refractivity contribution in [2.75, 3.05) is 33.4 Å². The van der Waals surface area contributed by atoms with Gasteiger partial charge in [0.2, 0.25) is 0 Å². The summed E-state index contributed by atoms with van der Waals surface area (Å²) in [6, 6.07) is 22.6. The van der Waals surface area contributed by atoms with Gasteiger partial charge in [-0.3, -0.25) is 34.2 Å². The second-order valence-electron chi connectivity index (χ2n) is 20.5. The van der Waals surface area contributed by atoms with E-state index in [0.717, 1.165) is 81.9 Å². The summed E-state index contributed by atoms with van der Waals surface area (Å²) < 4.78 is 30.5. The first kappa shape index (κ1) is 53.5. The van der Waals surface area contributed by atoms with E-state index in [-0.39, 0.29) is 92.7 Å². The van der Waals surface area contributed by atoms with Crippen LogP contribution in [0, 0.1) is 11.8 Å². The fourth-order valence-corrected chi connectivity index (χ4v) is 11.1. The van der Waals surface area contributed by atoms with Gasteiger partial charge in [-0.15, -0.1) is 0 Å². The van der Waals surface area contributed by atoms with Crippen molar-refractivity contribution in [3.05, 3.63) is 123 Å². The molecule has 5 aromatic carbocycles. The lowest BCUT2D eigenvalue weighted by molar-refractivity contribution is 0.0680. The lowest BCUT2D eigenvalue weighted by Crippen LogP contribution is -2.43. The van der Waals surface area contributed by atoms with Gasteiger partial charge in [-0.25, -0.2) is 0 Å². The predicted molar refractivity (Wildman–Crippen MR) is 294 cm³/mol. The van der Waals surface area contributed by atoms with Crippen LogP contribution in [0.5, 0.6) is 34.5 Å². The van der Waals surface area contributed by atoms with Crippen LogP contribution >= 0.6 is 0 Å². The highest BCUT2D eigenvalue weighted by Gasteiger charge is 2.35. The van der Waals surface area contributed by atoms with Gasteiger partial charge in [-0.05, 0) is 130 Å². The fourth-order valence-electron chi connectivity index (χ4n) is 11.1. The fraction of sp³-hybridized carbons (Fsp3) is 0.393. The molecule has 17 heteroatoms. The molecule has 4 atom stereocenters. The van der Waals surface area contributed by atoms with Crippen molar-refractivity contribution in [3.8, 4) is 34.5 Å². The number of benzene rings is 5. The number of Topliss-reactive ketones (excluding diaryl/α,β-unsaturated/α-hetero) is 2. The summed E-state index contributed by atoms with van der Waals surface area (Å²) in [4.78, 5) is 68.8. The number of rotatable bonds is 15. The van der Waals surface area contributed by atoms with Gasteiger partial charge in [0.1, 0.15) is 49.4 Å². The SMILES string of the molecule is COc1cc2c(cc1OCc1cc(COc3cc4c(cc3CO)C(=O)N3CCCC[C@H]3C=N4)cc(OCCOc3ccc(C(C)=O)cc3)c1)N=C[C@@H]1CCCCC1C2=O.O=C1c2cc(CO)c(O)cc2N=C[C@@H]2CCCCN12. The van der Waals surface area contributed by atoms with Gasteiger partial charge in [0.25, 0.3) is 11.8 Å². The summed E-state index contributed by atoms with van der Waals surface area (Å²) >= 11 is 0. The number of ketones is 2. The molecule has 78 heavy (non-hydrogen) atoms. The number of fused-ring (bicyclic) bond motifs is 6. The van der Waals surface area contributed by atoms with Crippen LogP contribution in [0.2, 0.25) is 0 Å². The number of carbonyl (C=O) groups is 4. The van der Waals surface area contributed by atoms with E-state index in [0.29, 0.717) is 85.7 Å². The second kappa shape index (κ2) is 24.2. The molecule has 5 aromatic rings. The van der Waals surface area contributed by atoms with Crippen LogP contribution in [0.1, 0.15) is 135 Å². The first-order chi connectivity index (χ1) is 38.0. The number of ether oxygens (including phenoxy) is 5. The Morgan fingerprint density at radius 2 is 1.13 bits per heavy atom. The highest BCUT2D eigenvalue weighted by Crippen LogP contribution is 2.43. The van der Waals surface area contributed by atoms with Crippen LogP contribution in [-0.2, 0) is 26.4 Å². The molecular weight excluding hydrogens is 995 g/mol. The van der Waals surface area contributed by atoms with Gasteiger partial charge in [0.05, 0.1) is 60.6 Å². The number of hydrogen-bond donors (Lipinski definition) is 3. The van der Waals surface area contributed by atoms with Crippen molar-refractivity contribution in [2.45, 2.75) is 110 Å². The Balaban J connectivity index is 0.000000303. The molecule has 2 saturated heterocycles. The molecule has 1 unspecified atom stereocenters. The summed E-state index contributed by atoms with van der Waals surface area (Å²) in [6.45, 7) is 3.07. The first-order valence-electron chi connectivity index (χ1n) is 27.0. The third-order valence-corrected chi connectivity index (χ3v) is 15.4. The first-order valence-corrected chi connectivity index (χ1v) is 27.0. The molecule has 5 heterocycles. The number of piperidine rings is 2. The van der Waals surface area contributed by atoms with Crippen molar-refractivity contribution in [1.82, 2.24) is 9.80 Å². The van der Waals surface area contributed by atoms with Crippen molar-refractivity contribution >= 4 is 59.1 Å². The van der Waals surface area contributed by atoms with Crippen molar-refractivity contribution in [2.24, 2.45) is 26.8 Å². The third-order valence-electron chi connectivity index (χ3n) is 15.4. The molecule has 0 bridgehead atoms. The minimum atomic E-state index is -0.317. The van der Waals surface area contributed by atoms with E-state index >= 15 is 0 Å². The highest BCUT2D eigenvalue weighted by molar-refractivity contribution is 6.06. The molecule has 6 aliphatic rings. The number of hydrogen-bond acceptors (Lipinski definition) is 15.